The van der Waals surface area contributed by atoms with E-state index in [-0.39, 0.29) is 0 Å². The molecular formula is C12H15BrN2. The average molecular weight is 267 g/mol. The lowest BCUT2D eigenvalue weighted by atomic mass is 10.1. The molecular weight excluding hydrogens is 252 g/mol. The summed E-state index contributed by atoms with van der Waals surface area (Å²) in [5.74, 6) is 0. The number of fused-ring (bicyclic) bond motifs is 1. The SMILES string of the molecule is CCc1[nH]c2cccc(CCN)c2c1Br. The number of H-pyrrole nitrogens is 1. The number of aromatic amines is 1. The van der Waals surface area contributed by atoms with Gasteiger partial charge < -0.3 is 10.7 Å². The number of nitrogens with two attached hydrogens (primary N) is 1. The standard InChI is InChI=1S/C12H15BrN2/c1-2-9-12(13)11-8(6-7-14)4-3-5-10(11)15-9/h3-5,15H,2,6-7,14H2,1H3. The zero-order valence-corrected chi connectivity index (χ0v) is 10.4. The quantitative estimate of drug-likeness (QED) is 0.881. The maximum atomic E-state index is 5.62. The Bertz CT molecular complexity index is 474. The van der Waals surface area contributed by atoms with Crippen LogP contribution >= 0.6 is 15.9 Å². The Morgan fingerprint density at radius 1 is 1.40 bits per heavy atom. The molecule has 0 saturated carbocycles. The Morgan fingerprint density at radius 2 is 2.20 bits per heavy atom. The van der Waals surface area contributed by atoms with Gasteiger partial charge in [0.1, 0.15) is 0 Å². The van der Waals surface area contributed by atoms with Gasteiger partial charge >= 0.3 is 0 Å². The first-order chi connectivity index (χ1) is 7.27. The molecule has 1 aromatic heterocycles. The van der Waals surface area contributed by atoms with Gasteiger partial charge in [0.2, 0.25) is 0 Å². The Hall–Kier alpha value is -0.800. The summed E-state index contributed by atoms with van der Waals surface area (Å²) in [6.45, 7) is 2.84. The van der Waals surface area contributed by atoms with Crippen LogP contribution in [0.5, 0.6) is 0 Å². The van der Waals surface area contributed by atoms with Gasteiger partial charge in [-0.1, -0.05) is 19.1 Å². The predicted molar refractivity (Wildman–Crippen MR) is 68.1 cm³/mol. The van der Waals surface area contributed by atoms with E-state index in [1.807, 2.05) is 0 Å². The molecule has 2 aromatic rings. The van der Waals surface area contributed by atoms with Crippen LogP contribution in [-0.4, -0.2) is 11.5 Å². The zero-order chi connectivity index (χ0) is 10.8. The molecule has 0 radical (unpaired) electrons. The summed E-state index contributed by atoms with van der Waals surface area (Å²) in [6.07, 6.45) is 1.94. The molecule has 3 N–H and O–H groups in total. The number of hydrogen-bond donors (Lipinski definition) is 2. The summed E-state index contributed by atoms with van der Waals surface area (Å²) < 4.78 is 1.20. The highest BCUT2D eigenvalue weighted by atomic mass is 79.9. The lowest BCUT2D eigenvalue weighted by Crippen LogP contribution is -2.02. The molecule has 15 heavy (non-hydrogen) atoms. The molecule has 1 heterocycles. The van der Waals surface area contributed by atoms with E-state index >= 15 is 0 Å². The highest BCUT2D eigenvalue weighted by Crippen LogP contribution is 2.31. The van der Waals surface area contributed by atoms with Gasteiger partial charge in [0.05, 0.1) is 0 Å². The van der Waals surface area contributed by atoms with Crippen molar-refractivity contribution < 1.29 is 0 Å². The Morgan fingerprint density at radius 3 is 2.87 bits per heavy atom. The number of hydrogen-bond acceptors (Lipinski definition) is 1. The highest BCUT2D eigenvalue weighted by Gasteiger charge is 2.10. The number of nitrogens with one attached hydrogen (secondary N) is 1. The van der Waals surface area contributed by atoms with Crippen molar-refractivity contribution in [2.75, 3.05) is 6.54 Å². The van der Waals surface area contributed by atoms with Crippen LogP contribution in [0.1, 0.15) is 18.2 Å². The van der Waals surface area contributed by atoms with Gasteiger partial charge in [-0.25, -0.2) is 0 Å². The Kier molecular flexibility index (Phi) is 3.12. The summed E-state index contributed by atoms with van der Waals surface area (Å²) in [4.78, 5) is 3.42. The minimum Gasteiger partial charge on any atom is -0.357 e. The topological polar surface area (TPSA) is 41.8 Å². The molecule has 2 nitrogen and oxygen atoms in total. The van der Waals surface area contributed by atoms with Crippen molar-refractivity contribution in [1.82, 2.24) is 4.98 Å². The van der Waals surface area contributed by atoms with Crippen LogP contribution in [-0.2, 0) is 12.8 Å². The molecule has 0 unspecified atom stereocenters. The van der Waals surface area contributed by atoms with E-state index in [0.29, 0.717) is 6.54 Å². The van der Waals surface area contributed by atoms with Gasteiger partial charge in [-0.05, 0) is 46.9 Å². The van der Waals surface area contributed by atoms with Gasteiger partial charge in [-0.3, -0.25) is 0 Å². The van der Waals surface area contributed by atoms with Crippen molar-refractivity contribution >= 4 is 26.8 Å². The molecule has 0 bridgehead atoms. The van der Waals surface area contributed by atoms with Crippen LogP contribution in [0.15, 0.2) is 22.7 Å². The van der Waals surface area contributed by atoms with Crippen molar-refractivity contribution in [3.8, 4) is 0 Å². The van der Waals surface area contributed by atoms with Crippen molar-refractivity contribution in [3.63, 3.8) is 0 Å². The van der Waals surface area contributed by atoms with E-state index < -0.39 is 0 Å². The van der Waals surface area contributed by atoms with Gasteiger partial charge in [0.25, 0.3) is 0 Å². The van der Waals surface area contributed by atoms with Crippen molar-refractivity contribution in [1.29, 1.82) is 0 Å². The maximum absolute atomic E-state index is 5.62. The van der Waals surface area contributed by atoms with Crippen LogP contribution in [0, 0.1) is 0 Å². The van der Waals surface area contributed by atoms with E-state index in [1.165, 1.54) is 26.6 Å². The molecule has 0 spiro atoms. The molecule has 0 aliphatic heterocycles. The summed E-state index contributed by atoms with van der Waals surface area (Å²) in [5.41, 5.74) is 9.39. The summed E-state index contributed by atoms with van der Waals surface area (Å²) in [5, 5.41) is 1.29. The molecule has 0 saturated heterocycles. The molecule has 0 atom stereocenters. The third-order valence-electron chi connectivity index (χ3n) is 2.69. The van der Waals surface area contributed by atoms with Gasteiger partial charge in [0, 0.05) is 21.1 Å². The Balaban J connectivity index is 2.67. The van der Waals surface area contributed by atoms with Crippen LogP contribution in [0.4, 0.5) is 0 Å². The molecule has 0 fully saturated rings. The molecule has 0 aliphatic rings. The van der Waals surface area contributed by atoms with Crippen LogP contribution < -0.4 is 5.73 Å². The molecule has 2 rings (SSSR count). The molecule has 3 heteroatoms. The minimum atomic E-state index is 0.693. The second kappa shape index (κ2) is 4.37. The van der Waals surface area contributed by atoms with Crippen molar-refractivity contribution in [2.45, 2.75) is 19.8 Å². The molecule has 0 aliphatic carbocycles. The first-order valence-electron chi connectivity index (χ1n) is 5.26. The highest BCUT2D eigenvalue weighted by molar-refractivity contribution is 9.10. The fraction of sp³-hybridized carbons (Fsp3) is 0.333. The van der Waals surface area contributed by atoms with Gasteiger partial charge in [0.15, 0.2) is 0 Å². The predicted octanol–water partition coefficient (Wildman–Crippen LogP) is 2.99. The molecule has 1 aromatic carbocycles. The third-order valence-corrected chi connectivity index (χ3v) is 3.56. The maximum Gasteiger partial charge on any atom is 0.0470 e. The average Bonchev–Trinajstić information content (AvgIpc) is 2.57. The fourth-order valence-electron chi connectivity index (χ4n) is 1.94. The summed E-state index contributed by atoms with van der Waals surface area (Å²) >= 11 is 3.66. The van der Waals surface area contributed by atoms with Crippen molar-refractivity contribution in [2.24, 2.45) is 5.73 Å². The summed E-state index contributed by atoms with van der Waals surface area (Å²) in [6, 6.07) is 6.34. The number of halogens is 1. The van der Waals surface area contributed by atoms with Gasteiger partial charge in [-0.15, -0.1) is 0 Å². The van der Waals surface area contributed by atoms with E-state index in [4.69, 9.17) is 5.73 Å². The minimum absolute atomic E-state index is 0.693. The molecule has 0 amide bonds. The van der Waals surface area contributed by atoms with E-state index in [2.05, 4.69) is 46.0 Å². The van der Waals surface area contributed by atoms with Crippen LogP contribution in [0.25, 0.3) is 10.9 Å². The van der Waals surface area contributed by atoms with Crippen molar-refractivity contribution in [3.05, 3.63) is 33.9 Å². The number of aryl methyl sites for hydroxylation is 1. The normalized spacial score (nSPS) is 11.1. The summed E-state index contributed by atoms with van der Waals surface area (Å²) in [7, 11) is 0. The lowest BCUT2D eigenvalue weighted by molar-refractivity contribution is 0.977. The lowest BCUT2D eigenvalue weighted by Gasteiger charge is -2.01. The first-order valence-corrected chi connectivity index (χ1v) is 6.05. The number of benzene rings is 1. The second-order valence-electron chi connectivity index (χ2n) is 3.65. The number of aromatic nitrogens is 1. The van der Waals surface area contributed by atoms with Crippen LogP contribution in [0.3, 0.4) is 0 Å². The smallest absolute Gasteiger partial charge is 0.0470 e. The van der Waals surface area contributed by atoms with Gasteiger partial charge in [-0.2, -0.15) is 0 Å². The zero-order valence-electron chi connectivity index (χ0n) is 8.81. The van der Waals surface area contributed by atoms with E-state index in [0.717, 1.165) is 12.8 Å². The largest absolute Gasteiger partial charge is 0.357 e. The fourth-order valence-corrected chi connectivity index (χ4v) is 2.79. The third kappa shape index (κ3) is 1.82. The first kappa shape index (κ1) is 10.7. The number of rotatable bonds is 3. The second-order valence-corrected chi connectivity index (χ2v) is 4.44. The Labute approximate surface area is 98.0 Å². The van der Waals surface area contributed by atoms with E-state index in [9.17, 15) is 0 Å². The van der Waals surface area contributed by atoms with E-state index in [1.54, 1.807) is 0 Å². The van der Waals surface area contributed by atoms with Crippen LogP contribution in [0.2, 0.25) is 0 Å². The monoisotopic (exact) mass is 266 g/mol. The molecule has 80 valence electrons.